The molecule has 0 radical (unpaired) electrons. The summed E-state index contributed by atoms with van der Waals surface area (Å²) in [4.78, 5) is 10.3. The summed E-state index contributed by atoms with van der Waals surface area (Å²) in [6.45, 7) is -0.0269. The Hall–Kier alpha value is -3.33. The van der Waals surface area contributed by atoms with Gasteiger partial charge in [0.15, 0.2) is 11.5 Å². The van der Waals surface area contributed by atoms with Crippen molar-refractivity contribution in [1.29, 1.82) is 10.5 Å². The highest BCUT2D eigenvalue weighted by Crippen LogP contribution is 2.40. The van der Waals surface area contributed by atoms with Crippen LogP contribution in [0.5, 0.6) is 11.5 Å². The maximum absolute atomic E-state index is 10.9. The van der Waals surface area contributed by atoms with E-state index >= 15 is 0 Å². The summed E-state index contributed by atoms with van der Waals surface area (Å²) in [5, 5.41) is 31.4. The number of hydrogen-bond acceptors (Lipinski definition) is 8. The van der Waals surface area contributed by atoms with Crippen LogP contribution in [0.25, 0.3) is 0 Å². The Kier molecular flexibility index (Phi) is 3.13. The molecule has 1 aliphatic rings. The van der Waals surface area contributed by atoms with E-state index < -0.39 is 10.6 Å². The zero-order chi connectivity index (χ0) is 13.8. The van der Waals surface area contributed by atoms with Crippen molar-refractivity contribution in [3.8, 4) is 23.6 Å². The van der Waals surface area contributed by atoms with E-state index in [1.54, 1.807) is 0 Å². The fourth-order valence-corrected chi connectivity index (χ4v) is 1.36. The van der Waals surface area contributed by atoms with Gasteiger partial charge in [0.2, 0.25) is 12.5 Å². The summed E-state index contributed by atoms with van der Waals surface area (Å²) in [6.07, 6.45) is 0. The molecule has 0 unspecified atom stereocenters. The van der Waals surface area contributed by atoms with Crippen LogP contribution in [0.1, 0.15) is 0 Å². The maximum Gasteiger partial charge on any atom is 0.298 e. The highest BCUT2D eigenvalue weighted by Gasteiger charge is 2.23. The van der Waals surface area contributed by atoms with Gasteiger partial charge in [-0.15, -0.1) is 0 Å². The molecule has 1 aliphatic heterocycles. The molecule has 0 aromatic heterocycles. The predicted molar refractivity (Wildman–Crippen MR) is 61.5 cm³/mol. The van der Waals surface area contributed by atoms with E-state index in [-0.39, 0.29) is 23.9 Å². The van der Waals surface area contributed by atoms with Crippen LogP contribution < -0.4 is 14.9 Å². The third-order valence-corrected chi connectivity index (χ3v) is 2.19. The molecule has 9 heteroatoms. The minimum atomic E-state index is -0.641. The second-order valence-corrected chi connectivity index (χ2v) is 3.28. The first-order chi connectivity index (χ1) is 9.15. The molecule has 1 aromatic carbocycles. The lowest BCUT2D eigenvalue weighted by atomic mass is 10.2. The second-order valence-electron chi connectivity index (χ2n) is 3.28. The fraction of sp³-hybridized carbons (Fsp3) is 0.100. The number of hydrogen-bond donors (Lipinski definition) is 1. The van der Waals surface area contributed by atoms with Gasteiger partial charge in [0.05, 0.1) is 11.0 Å². The molecule has 1 aromatic rings. The Morgan fingerprint density at radius 3 is 2.58 bits per heavy atom. The van der Waals surface area contributed by atoms with Crippen LogP contribution in [0.15, 0.2) is 17.2 Å². The van der Waals surface area contributed by atoms with Crippen molar-refractivity contribution in [2.45, 2.75) is 0 Å². The van der Waals surface area contributed by atoms with E-state index in [0.717, 1.165) is 0 Å². The van der Waals surface area contributed by atoms with Gasteiger partial charge >= 0.3 is 0 Å². The Balaban J connectivity index is 2.40. The van der Waals surface area contributed by atoms with Crippen LogP contribution in [0.4, 0.5) is 11.4 Å². The molecule has 2 rings (SSSR count). The summed E-state index contributed by atoms with van der Waals surface area (Å²) in [5.74, 6) is 0.570. The number of nitriles is 2. The standard InChI is InChI=1S/C10H5N5O4/c11-3-6(4-12)13-14-7-1-9-10(19-5-18-9)2-8(7)15(16)17/h1-2,14H,5H2. The Bertz CT molecular complexity index is 639. The third kappa shape index (κ3) is 2.35. The number of hydrazone groups is 1. The monoisotopic (exact) mass is 259 g/mol. The van der Waals surface area contributed by atoms with Crippen LogP contribution in [-0.2, 0) is 0 Å². The number of nitrogens with zero attached hydrogens (tertiary/aromatic N) is 4. The van der Waals surface area contributed by atoms with E-state index in [1.165, 1.54) is 24.3 Å². The smallest absolute Gasteiger partial charge is 0.298 e. The van der Waals surface area contributed by atoms with Crippen molar-refractivity contribution in [3.63, 3.8) is 0 Å². The van der Waals surface area contributed by atoms with Gasteiger partial charge in [-0.05, 0) is 0 Å². The number of nitro groups is 1. The van der Waals surface area contributed by atoms with Crippen molar-refractivity contribution in [2.24, 2.45) is 5.10 Å². The second kappa shape index (κ2) is 4.89. The minimum absolute atomic E-state index is 0.00255. The summed E-state index contributed by atoms with van der Waals surface area (Å²) >= 11 is 0. The van der Waals surface area contributed by atoms with Gasteiger partial charge in [0.25, 0.3) is 5.69 Å². The topological polar surface area (TPSA) is 134 Å². The Morgan fingerprint density at radius 2 is 2.00 bits per heavy atom. The number of fused-ring (bicyclic) bond motifs is 1. The Morgan fingerprint density at radius 1 is 1.37 bits per heavy atom. The molecular formula is C10H5N5O4. The van der Waals surface area contributed by atoms with Gasteiger partial charge < -0.3 is 9.47 Å². The van der Waals surface area contributed by atoms with Crippen LogP contribution in [0, 0.1) is 32.8 Å². The first-order valence-electron chi connectivity index (χ1n) is 4.87. The molecule has 19 heavy (non-hydrogen) atoms. The number of ether oxygens (including phenoxy) is 2. The largest absolute Gasteiger partial charge is 0.454 e. The van der Waals surface area contributed by atoms with Crippen molar-refractivity contribution in [3.05, 3.63) is 22.2 Å². The van der Waals surface area contributed by atoms with Crippen LogP contribution in [-0.4, -0.2) is 17.4 Å². The first-order valence-corrected chi connectivity index (χ1v) is 4.87. The lowest BCUT2D eigenvalue weighted by molar-refractivity contribution is -0.384. The van der Waals surface area contributed by atoms with E-state index in [4.69, 9.17) is 20.0 Å². The molecule has 0 spiro atoms. The SMILES string of the molecule is N#CC(C#N)=NNc1cc2c(cc1[N+](=O)[O-])OCO2. The average Bonchev–Trinajstić information content (AvgIpc) is 2.85. The minimum Gasteiger partial charge on any atom is -0.454 e. The zero-order valence-corrected chi connectivity index (χ0v) is 9.28. The van der Waals surface area contributed by atoms with Crippen molar-refractivity contribution < 1.29 is 14.4 Å². The summed E-state index contributed by atoms with van der Waals surface area (Å²) in [6, 6.07) is 5.54. The van der Waals surface area contributed by atoms with E-state index in [9.17, 15) is 10.1 Å². The van der Waals surface area contributed by atoms with Gasteiger partial charge in [-0.25, -0.2) is 0 Å². The summed E-state index contributed by atoms with van der Waals surface area (Å²) in [7, 11) is 0. The van der Waals surface area contributed by atoms with Crippen LogP contribution in [0.2, 0.25) is 0 Å². The molecule has 1 N–H and O–H groups in total. The Labute approximate surface area is 106 Å². The van der Waals surface area contributed by atoms with Gasteiger partial charge in [0.1, 0.15) is 17.8 Å². The van der Waals surface area contributed by atoms with E-state index in [0.29, 0.717) is 5.75 Å². The van der Waals surface area contributed by atoms with Gasteiger partial charge in [-0.3, -0.25) is 15.5 Å². The van der Waals surface area contributed by atoms with E-state index in [1.807, 2.05) is 0 Å². The highest BCUT2D eigenvalue weighted by molar-refractivity contribution is 6.10. The predicted octanol–water partition coefficient (Wildman–Crippen LogP) is 1.14. The van der Waals surface area contributed by atoms with Gasteiger partial charge in [-0.1, -0.05) is 0 Å². The van der Waals surface area contributed by atoms with Crippen molar-refractivity contribution >= 4 is 17.1 Å². The number of nitro benzene ring substituents is 1. The molecule has 0 saturated carbocycles. The molecule has 94 valence electrons. The normalized spacial score (nSPS) is 11.1. The molecule has 9 nitrogen and oxygen atoms in total. The van der Waals surface area contributed by atoms with Crippen LogP contribution >= 0.6 is 0 Å². The number of anilines is 1. The third-order valence-electron chi connectivity index (χ3n) is 2.19. The molecule has 0 amide bonds. The van der Waals surface area contributed by atoms with Crippen LogP contribution in [0.3, 0.4) is 0 Å². The summed E-state index contributed by atoms with van der Waals surface area (Å²) in [5.41, 5.74) is 1.53. The fourth-order valence-electron chi connectivity index (χ4n) is 1.36. The summed E-state index contributed by atoms with van der Waals surface area (Å²) < 4.78 is 10.1. The number of nitrogens with one attached hydrogen (secondary N) is 1. The lowest BCUT2D eigenvalue weighted by Gasteiger charge is -2.03. The molecule has 0 saturated heterocycles. The first kappa shape index (κ1) is 12.1. The highest BCUT2D eigenvalue weighted by atomic mass is 16.7. The molecular weight excluding hydrogens is 254 g/mol. The van der Waals surface area contributed by atoms with Gasteiger partial charge in [0, 0.05) is 6.07 Å². The van der Waals surface area contributed by atoms with Crippen molar-refractivity contribution in [1.82, 2.24) is 0 Å². The quantitative estimate of drug-likeness (QED) is 0.488. The lowest BCUT2D eigenvalue weighted by Crippen LogP contribution is -2.00. The molecule has 0 fully saturated rings. The van der Waals surface area contributed by atoms with Gasteiger partial charge in [-0.2, -0.15) is 15.6 Å². The van der Waals surface area contributed by atoms with Crippen molar-refractivity contribution in [2.75, 3.05) is 12.2 Å². The molecule has 0 bridgehead atoms. The molecule has 0 aliphatic carbocycles. The molecule has 1 heterocycles. The average molecular weight is 259 g/mol. The zero-order valence-electron chi connectivity index (χ0n) is 9.28. The molecule has 0 atom stereocenters. The number of rotatable bonds is 3. The van der Waals surface area contributed by atoms with E-state index in [2.05, 4.69) is 10.5 Å². The maximum atomic E-state index is 10.9. The number of benzene rings is 1.